The van der Waals surface area contributed by atoms with Gasteiger partial charge >= 0.3 is 0 Å². The molecule has 0 aliphatic heterocycles. The van der Waals surface area contributed by atoms with Crippen LogP contribution < -0.4 is 44.6 Å². The Hall–Kier alpha value is -3.54. The summed E-state index contributed by atoms with van der Waals surface area (Å²) in [7, 11) is 0. The van der Waals surface area contributed by atoms with Crippen molar-refractivity contribution in [2.24, 2.45) is 22.2 Å². The second-order valence-corrected chi connectivity index (χ2v) is 8.91. The molecule has 0 fully saturated rings. The van der Waals surface area contributed by atoms with E-state index in [0.29, 0.717) is 53.1 Å². The number of amides is 2. The molecule has 0 aliphatic carbocycles. The van der Waals surface area contributed by atoms with Gasteiger partial charge in [-0.15, -0.1) is 0 Å². The number of nitrogens with one attached hydrogen (secondary N) is 2. The molecule has 11 nitrogen and oxygen atoms in total. The van der Waals surface area contributed by atoms with Crippen LogP contribution in [0.5, 0.6) is 5.88 Å². The topological polar surface area (TPSA) is 178 Å². The molecule has 2 heterocycles. The standard InChI is InChI=1S/C24H28Cl2N8O3.ClH/c25-17-8-7-16(12-18(17)26)34-22(13-20(33-34)15-4-1-9-30-14-15)37-11-3-6-21(35)32-19(23(27)36)5-2-10-31-24(28)29;/h1,4,7-9,12-14,19H,2-3,5-6,10-11H2,(H2,27,36)(H,32,35)(H4,28,29,31);1H/t19-;/m0./s1. The molecule has 38 heavy (non-hydrogen) atoms. The summed E-state index contributed by atoms with van der Waals surface area (Å²) >= 11 is 12.3. The molecule has 3 rings (SSSR count). The van der Waals surface area contributed by atoms with Gasteiger partial charge in [-0.3, -0.25) is 14.6 Å². The highest BCUT2D eigenvalue weighted by molar-refractivity contribution is 6.42. The number of benzene rings is 1. The summed E-state index contributed by atoms with van der Waals surface area (Å²) in [6, 6.07) is 9.92. The first-order chi connectivity index (χ1) is 17.7. The monoisotopic (exact) mass is 582 g/mol. The first kappa shape index (κ1) is 30.7. The lowest BCUT2D eigenvalue weighted by atomic mass is 10.1. The molecule has 1 aromatic carbocycles. The summed E-state index contributed by atoms with van der Waals surface area (Å²) < 4.78 is 7.59. The summed E-state index contributed by atoms with van der Waals surface area (Å²) in [4.78, 5) is 30.9. The average Bonchev–Trinajstić information content (AvgIpc) is 3.30. The number of halogens is 3. The molecule has 0 spiro atoms. The fourth-order valence-corrected chi connectivity index (χ4v) is 3.72. The number of guanidine groups is 1. The second kappa shape index (κ2) is 15.0. The van der Waals surface area contributed by atoms with E-state index in [2.05, 4.69) is 20.4 Å². The van der Waals surface area contributed by atoms with E-state index in [-0.39, 0.29) is 37.3 Å². The molecule has 0 saturated carbocycles. The maximum Gasteiger partial charge on any atom is 0.240 e. The van der Waals surface area contributed by atoms with Crippen molar-refractivity contribution in [3.63, 3.8) is 0 Å². The van der Waals surface area contributed by atoms with Crippen molar-refractivity contribution in [3.8, 4) is 22.8 Å². The molecule has 2 aromatic heterocycles. The molecule has 8 N–H and O–H groups in total. The predicted molar refractivity (Wildman–Crippen MR) is 141 cm³/mol. The number of primary amides is 1. The van der Waals surface area contributed by atoms with Gasteiger partial charge in [-0.25, -0.2) is 9.67 Å². The Morgan fingerprint density at radius 1 is 1.13 bits per heavy atom. The quantitative estimate of drug-likeness (QED) is 0.112. The molecule has 0 radical (unpaired) electrons. The number of ether oxygens (including phenoxy) is 1. The molecular formula is C24H29Cl3N8O3. The van der Waals surface area contributed by atoms with Gasteiger partial charge in [0.05, 0.1) is 27.9 Å². The number of aliphatic imine (C=N–C) groups is 1. The molecule has 1 atom stereocenters. The van der Waals surface area contributed by atoms with E-state index in [1.807, 2.05) is 18.3 Å². The number of carbonyl (C=O) groups excluding carboxylic acids is 2. The molecule has 0 saturated heterocycles. The van der Waals surface area contributed by atoms with Gasteiger partial charge in [0.1, 0.15) is 11.7 Å². The number of hydrogen-bond donors (Lipinski definition) is 4. The highest BCUT2D eigenvalue weighted by Crippen LogP contribution is 2.29. The van der Waals surface area contributed by atoms with Gasteiger partial charge in [0, 0.05) is 25.1 Å². The predicted octanol–water partition coefficient (Wildman–Crippen LogP) is -1.15. The zero-order valence-corrected chi connectivity index (χ0v) is 22.6. The summed E-state index contributed by atoms with van der Waals surface area (Å²) in [5, 5.41) is 8.11. The van der Waals surface area contributed by atoms with E-state index >= 15 is 0 Å². The van der Waals surface area contributed by atoms with Gasteiger partial charge in [-0.05, 0) is 43.5 Å². The van der Waals surface area contributed by atoms with Gasteiger partial charge < -0.3 is 39.7 Å². The van der Waals surface area contributed by atoms with E-state index in [0.717, 1.165) is 5.56 Å². The molecule has 14 heteroatoms. The Balaban J connectivity index is 0.00000507. The van der Waals surface area contributed by atoms with Crippen molar-refractivity contribution in [1.29, 1.82) is 0 Å². The van der Waals surface area contributed by atoms with Crippen LogP contribution in [0.1, 0.15) is 25.7 Å². The number of aromatic nitrogens is 3. The van der Waals surface area contributed by atoms with Crippen LogP contribution in [0.3, 0.4) is 0 Å². The second-order valence-electron chi connectivity index (χ2n) is 8.09. The third-order valence-electron chi connectivity index (χ3n) is 5.25. The normalized spacial score (nSPS) is 11.2. The maximum atomic E-state index is 12.4. The Morgan fingerprint density at radius 2 is 1.92 bits per heavy atom. The summed E-state index contributed by atoms with van der Waals surface area (Å²) in [5.41, 5.74) is 18.2. The van der Waals surface area contributed by atoms with Crippen molar-refractivity contribution in [2.75, 3.05) is 13.2 Å². The molecule has 3 aromatic rings. The van der Waals surface area contributed by atoms with Gasteiger partial charge in [0.15, 0.2) is 18.4 Å². The van der Waals surface area contributed by atoms with Crippen molar-refractivity contribution in [3.05, 3.63) is 58.8 Å². The number of nitrogens with two attached hydrogens (primary N) is 3. The van der Waals surface area contributed by atoms with Crippen LogP contribution in [0.15, 0.2) is 53.8 Å². The van der Waals surface area contributed by atoms with Crippen LogP contribution in [0.25, 0.3) is 16.9 Å². The lowest BCUT2D eigenvalue weighted by molar-refractivity contribution is -0.377. The molecule has 0 aliphatic rings. The summed E-state index contributed by atoms with van der Waals surface area (Å²) in [5.74, 6) is -0.500. The van der Waals surface area contributed by atoms with Crippen LogP contribution in [0, 0.1) is 0 Å². The highest BCUT2D eigenvalue weighted by Gasteiger charge is 2.18. The fourth-order valence-electron chi connectivity index (χ4n) is 3.43. The number of H-pyrrole nitrogens is 1. The van der Waals surface area contributed by atoms with Gasteiger partial charge in [0.25, 0.3) is 0 Å². The summed E-state index contributed by atoms with van der Waals surface area (Å²) in [6.45, 7) is 0.567. The molecule has 2 amide bonds. The van der Waals surface area contributed by atoms with E-state index in [1.54, 1.807) is 35.1 Å². The van der Waals surface area contributed by atoms with Crippen LogP contribution in [0.4, 0.5) is 0 Å². The fraction of sp³-hybridized carbons (Fsp3) is 0.292. The molecule has 0 unspecified atom stereocenters. The van der Waals surface area contributed by atoms with Crippen LogP contribution in [-0.4, -0.2) is 46.7 Å². The number of hydrogen-bond acceptors (Lipinski definition) is 5. The molecular weight excluding hydrogens is 555 g/mol. The number of carbonyl (C=O) groups is 2. The van der Waals surface area contributed by atoms with E-state index in [4.69, 9.17) is 45.1 Å². The SMILES string of the molecule is NC(=O)[C@H](CCCN=C(N)N)NC(=O)CCCOc1cc(-c2ccc[nH+]c2)nn1-c1ccc(Cl)c(Cl)c1.[Cl-]. The zero-order chi connectivity index (χ0) is 26.8. The van der Waals surface area contributed by atoms with Crippen molar-refractivity contribution in [2.45, 2.75) is 31.7 Å². The largest absolute Gasteiger partial charge is 1.00 e. The Bertz CT molecular complexity index is 1250. The number of aromatic amines is 1. The van der Waals surface area contributed by atoms with E-state index < -0.39 is 11.9 Å². The third kappa shape index (κ3) is 9.09. The van der Waals surface area contributed by atoms with Gasteiger partial charge in [-0.1, -0.05) is 23.2 Å². The average molecular weight is 584 g/mol. The number of pyridine rings is 1. The lowest BCUT2D eigenvalue weighted by Crippen LogP contribution is -3.00. The Labute approximate surface area is 236 Å². The summed E-state index contributed by atoms with van der Waals surface area (Å²) in [6.07, 6.45) is 4.98. The van der Waals surface area contributed by atoms with Gasteiger partial charge in [0.2, 0.25) is 17.7 Å². The van der Waals surface area contributed by atoms with E-state index in [1.165, 1.54) is 0 Å². The van der Waals surface area contributed by atoms with Crippen LogP contribution >= 0.6 is 23.2 Å². The third-order valence-corrected chi connectivity index (χ3v) is 5.99. The number of rotatable bonds is 13. The number of nitrogens with zero attached hydrogens (tertiary/aromatic N) is 3. The first-order valence-electron chi connectivity index (χ1n) is 11.5. The van der Waals surface area contributed by atoms with E-state index in [9.17, 15) is 9.59 Å². The van der Waals surface area contributed by atoms with Crippen LogP contribution in [0.2, 0.25) is 10.0 Å². The van der Waals surface area contributed by atoms with Crippen molar-refractivity contribution < 1.29 is 31.7 Å². The Morgan fingerprint density at radius 3 is 2.58 bits per heavy atom. The lowest BCUT2D eigenvalue weighted by Gasteiger charge is -2.15. The highest BCUT2D eigenvalue weighted by atomic mass is 35.5. The first-order valence-corrected chi connectivity index (χ1v) is 12.3. The minimum Gasteiger partial charge on any atom is -1.00 e. The van der Waals surface area contributed by atoms with Gasteiger partial charge in [-0.2, -0.15) is 5.10 Å². The minimum absolute atomic E-state index is 0. The smallest absolute Gasteiger partial charge is 0.240 e. The van der Waals surface area contributed by atoms with Crippen molar-refractivity contribution >= 4 is 41.0 Å². The zero-order valence-electron chi connectivity index (χ0n) is 20.4. The molecule has 0 bridgehead atoms. The minimum atomic E-state index is -0.802. The Kier molecular flexibility index (Phi) is 12.1. The van der Waals surface area contributed by atoms with Crippen LogP contribution in [-0.2, 0) is 9.59 Å². The maximum absolute atomic E-state index is 12.4. The molecule has 204 valence electrons. The van der Waals surface area contributed by atoms with Crippen molar-refractivity contribution in [1.82, 2.24) is 15.1 Å².